The quantitative estimate of drug-likeness (QED) is 0.773. The van der Waals surface area contributed by atoms with E-state index in [1.165, 1.54) is 6.92 Å². The molecule has 0 atom stereocenters. The molecule has 0 saturated heterocycles. The molecular weight excluding hydrogens is 228 g/mol. The summed E-state index contributed by atoms with van der Waals surface area (Å²) in [6.07, 6.45) is 0. The smallest absolute Gasteiger partial charge is 0.356 e. The van der Waals surface area contributed by atoms with Crippen LogP contribution in [0.5, 0.6) is 0 Å². The van der Waals surface area contributed by atoms with Gasteiger partial charge in [-0.15, -0.1) is 0 Å². The highest BCUT2D eigenvalue weighted by atomic mass is 32.1. The number of nitrogens with one attached hydrogen (secondary N) is 1. The van der Waals surface area contributed by atoms with E-state index < -0.39 is 5.97 Å². The maximum absolute atomic E-state index is 11.2. The number of carbonyl (C=O) groups is 2. The number of carboxylic acids is 1. The summed E-state index contributed by atoms with van der Waals surface area (Å²) >= 11 is 1.09. The topological polar surface area (TPSA) is 79.3 Å². The molecule has 1 heterocycles. The highest BCUT2D eigenvalue weighted by molar-refractivity contribution is 7.17. The summed E-state index contributed by atoms with van der Waals surface area (Å²) in [5.74, 6) is -1.01. The lowest BCUT2D eigenvalue weighted by Crippen LogP contribution is -2.08. The van der Waals surface area contributed by atoms with Crippen molar-refractivity contribution in [1.29, 1.82) is 0 Å². The third-order valence-corrected chi connectivity index (χ3v) is 2.92. The van der Waals surface area contributed by atoms with E-state index >= 15 is 0 Å². The van der Waals surface area contributed by atoms with Gasteiger partial charge < -0.3 is 10.4 Å². The molecule has 0 amide bonds. The van der Waals surface area contributed by atoms with Crippen LogP contribution in [0.3, 0.4) is 0 Å². The Morgan fingerprint density at radius 3 is 2.50 bits per heavy atom. The van der Waals surface area contributed by atoms with E-state index in [9.17, 15) is 9.59 Å². The Hall–Kier alpha value is -1.43. The number of nitrogens with zero attached hydrogens (tertiary/aromatic N) is 1. The molecule has 0 unspecified atom stereocenters. The van der Waals surface area contributed by atoms with Crippen molar-refractivity contribution in [2.24, 2.45) is 5.92 Å². The molecule has 0 aliphatic heterocycles. The zero-order valence-electron chi connectivity index (χ0n) is 9.40. The average molecular weight is 242 g/mol. The lowest BCUT2D eigenvalue weighted by Gasteiger charge is -2.04. The summed E-state index contributed by atoms with van der Waals surface area (Å²) in [7, 11) is 0. The summed E-state index contributed by atoms with van der Waals surface area (Å²) in [6.45, 7) is 6.10. The summed E-state index contributed by atoms with van der Waals surface area (Å²) in [6, 6.07) is 0. The van der Waals surface area contributed by atoms with Gasteiger partial charge in [0.2, 0.25) is 0 Å². The monoisotopic (exact) mass is 242 g/mol. The Bertz CT molecular complexity index is 381. The molecule has 0 saturated carbocycles. The van der Waals surface area contributed by atoms with Crippen LogP contribution < -0.4 is 5.32 Å². The molecular formula is C10H14N2O3S. The largest absolute Gasteiger partial charge is 0.476 e. The standard InChI is InChI=1S/C10H14N2O3S/c1-5(2)4-11-10-12-7(9(14)15)8(16-10)6(3)13/h5H,4H2,1-3H3,(H,11,12)(H,14,15). The number of rotatable bonds is 5. The Balaban J connectivity index is 2.93. The maximum atomic E-state index is 11.2. The average Bonchev–Trinajstić information content (AvgIpc) is 2.58. The van der Waals surface area contributed by atoms with Crippen molar-refractivity contribution in [3.63, 3.8) is 0 Å². The minimum Gasteiger partial charge on any atom is -0.476 e. The van der Waals surface area contributed by atoms with Gasteiger partial charge in [-0.3, -0.25) is 4.79 Å². The molecule has 88 valence electrons. The minimum atomic E-state index is -1.17. The van der Waals surface area contributed by atoms with Gasteiger partial charge in [-0.1, -0.05) is 25.2 Å². The second-order valence-electron chi connectivity index (χ2n) is 3.83. The Morgan fingerprint density at radius 1 is 1.50 bits per heavy atom. The molecule has 0 bridgehead atoms. The van der Waals surface area contributed by atoms with Crippen LogP contribution in [-0.4, -0.2) is 28.4 Å². The van der Waals surface area contributed by atoms with Crippen molar-refractivity contribution in [3.8, 4) is 0 Å². The van der Waals surface area contributed by atoms with E-state index in [4.69, 9.17) is 5.11 Å². The third kappa shape index (κ3) is 3.03. The molecule has 1 rings (SSSR count). The lowest BCUT2D eigenvalue weighted by atomic mass is 10.2. The Labute approximate surface area is 97.5 Å². The van der Waals surface area contributed by atoms with Gasteiger partial charge in [0.25, 0.3) is 0 Å². The summed E-state index contributed by atoms with van der Waals surface area (Å²) in [5.41, 5.74) is -0.163. The van der Waals surface area contributed by atoms with Crippen molar-refractivity contribution in [2.75, 3.05) is 11.9 Å². The fourth-order valence-electron chi connectivity index (χ4n) is 1.07. The zero-order valence-corrected chi connectivity index (χ0v) is 10.2. The molecule has 5 nitrogen and oxygen atoms in total. The first-order valence-electron chi connectivity index (χ1n) is 4.90. The van der Waals surface area contributed by atoms with Gasteiger partial charge in [-0.25, -0.2) is 9.78 Å². The summed E-state index contributed by atoms with van der Waals surface area (Å²) in [5, 5.41) is 12.4. The molecule has 0 aliphatic rings. The van der Waals surface area contributed by atoms with Gasteiger partial charge >= 0.3 is 5.97 Å². The number of aromatic carboxylic acids is 1. The van der Waals surface area contributed by atoms with Crippen molar-refractivity contribution in [1.82, 2.24) is 4.98 Å². The van der Waals surface area contributed by atoms with E-state index in [0.29, 0.717) is 17.6 Å². The molecule has 1 aromatic rings. The fraction of sp³-hybridized carbons (Fsp3) is 0.500. The molecule has 6 heteroatoms. The van der Waals surface area contributed by atoms with Crippen LogP contribution in [0.2, 0.25) is 0 Å². The molecule has 0 radical (unpaired) electrons. The third-order valence-electron chi connectivity index (χ3n) is 1.81. The molecule has 16 heavy (non-hydrogen) atoms. The minimum absolute atomic E-state index is 0.163. The van der Waals surface area contributed by atoms with E-state index in [-0.39, 0.29) is 16.4 Å². The Morgan fingerprint density at radius 2 is 2.12 bits per heavy atom. The predicted octanol–water partition coefficient (Wildman–Crippen LogP) is 2.11. The van der Waals surface area contributed by atoms with E-state index in [0.717, 1.165) is 11.3 Å². The van der Waals surface area contributed by atoms with E-state index in [1.807, 2.05) is 13.8 Å². The summed E-state index contributed by atoms with van der Waals surface area (Å²) in [4.78, 5) is 26.1. The van der Waals surface area contributed by atoms with Gasteiger partial charge in [-0.2, -0.15) is 0 Å². The first-order valence-corrected chi connectivity index (χ1v) is 5.72. The second-order valence-corrected chi connectivity index (χ2v) is 4.83. The lowest BCUT2D eigenvalue weighted by molar-refractivity contribution is 0.0687. The van der Waals surface area contributed by atoms with E-state index in [2.05, 4.69) is 10.3 Å². The van der Waals surface area contributed by atoms with Crippen LogP contribution in [0.15, 0.2) is 0 Å². The van der Waals surface area contributed by atoms with E-state index in [1.54, 1.807) is 0 Å². The van der Waals surface area contributed by atoms with Crippen molar-refractivity contribution >= 4 is 28.2 Å². The molecule has 1 aromatic heterocycles. The highest BCUT2D eigenvalue weighted by Gasteiger charge is 2.20. The van der Waals surface area contributed by atoms with Gasteiger partial charge in [0, 0.05) is 13.5 Å². The number of aromatic nitrogens is 1. The SMILES string of the molecule is CC(=O)c1sc(NCC(C)C)nc1C(=O)O. The van der Waals surface area contributed by atoms with Gasteiger partial charge in [0.1, 0.15) is 4.88 Å². The van der Waals surface area contributed by atoms with Gasteiger partial charge in [0.15, 0.2) is 16.6 Å². The van der Waals surface area contributed by atoms with Crippen LogP contribution in [0, 0.1) is 5.92 Å². The normalized spacial score (nSPS) is 10.5. The highest BCUT2D eigenvalue weighted by Crippen LogP contribution is 2.23. The van der Waals surface area contributed by atoms with Crippen molar-refractivity contribution < 1.29 is 14.7 Å². The summed E-state index contributed by atoms with van der Waals surface area (Å²) < 4.78 is 0. The number of hydrogen-bond acceptors (Lipinski definition) is 5. The number of thiazole rings is 1. The van der Waals surface area contributed by atoms with Gasteiger partial charge in [0.05, 0.1) is 0 Å². The maximum Gasteiger partial charge on any atom is 0.356 e. The van der Waals surface area contributed by atoms with Crippen LogP contribution >= 0.6 is 11.3 Å². The first kappa shape index (κ1) is 12.6. The van der Waals surface area contributed by atoms with Crippen LogP contribution in [0.4, 0.5) is 5.13 Å². The molecule has 2 N–H and O–H groups in total. The number of ketones is 1. The number of carboxylic acid groups (broad SMARTS) is 1. The molecule has 0 fully saturated rings. The molecule has 0 aromatic carbocycles. The number of carbonyl (C=O) groups excluding carboxylic acids is 1. The predicted molar refractivity (Wildman–Crippen MR) is 62.4 cm³/mol. The zero-order chi connectivity index (χ0) is 12.3. The molecule has 0 aliphatic carbocycles. The molecule has 0 spiro atoms. The number of anilines is 1. The Kier molecular flexibility index (Phi) is 4.00. The second kappa shape index (κ2) is 5.07. The van der Waals surface area contributed by atoms with Crippen molar-refractivity contribution in [3.05, 3.63) is 10.6 Å². The fourth-order valence-corrected chi connectivity index (χ4v) is 1.93. The van der Waals surface area contributed by atoms with Crippen LogP contribution in [0.1, 0.15) is 40.9 Å². The van der Waals surface area contributed by atoms with Crippen molar-refractivity contribution in [2.45, 2.75) is 20.8 Å². The van der Waals surface area contributed by atoms with Crippen LogP contribution in [0.25, 0.3) is 0 Å². The number of hydrogen-bond donors (Lipinski definition) is 2. The number of Topliss-reactive ketones (excluding diaryl/α,β-unsaturated/α-hetero) is 1. The first-order chi connectivity index (χ1) is 7.41. The van der Waals surface area contributed by atoms with Crippen LogP contribution in [-0.2, 0) is 0 Å². The van der Waals surface area contributed by atoms with Gasteiger partial charge in [-0.05, 0) is 5.92 Å².